The lowest BCUT2D eigenvalue weighted by molar-refractivity contribution is -0.137. The van der Waals surface area contributed by atoms with Crippen molar-refractivity contribution in [2.45, 2.75) is 31.3 Å². The van der Waals surface area contributed by atoms with Crippen LogP contribution >= 0.6 is 23.1 Å². The molecule has 8 nitrogen and oxygen atoms in total. The number of aromatic nitrogens is 4. The molecule has 3 aromatic heterocycles. The van der Waals surface area contributed by atoms with E-state index in [0.29, 0.717) is 28.3 Å². The third-order valence-electron chi connectivity index (χ3n) is 5.81. The monoisotopic (exact) mass is 470 g/mol. The zero-order valence-electron chi connectivity index (χ0n) is 18.0. The average Bonchev–Trinajstić information content (AvgIpc) is 3.39. The summed E-state index contributed by atoms with van der Waals surface area (Å²) in [6.07, 6.45) is 2.91. The van der Waals surface area contributed by atoms with Gasteiger partial charge in [-0.15, -0.1) is 21.5 Å². The molecule has 4 aromatic rings. The predicted octanol–water partition coefficient (Wildman–Crippen LogP) is 3.49. The molecule has 32 heavy (non-hydrogen) atoms. The Morgan fingerprint density at radius 2 is 2.03 bits per heavy atom. The van der Waals surface area contributed by atoms with E-state index in [-0.39, 0.29) is 17.3 Å². The molecule has 3 heterocycles. The fourth-order valence-corrected chi connectivity index (χ4v) is 6.47. The van der Waals surface area contributed by atoms with Crippen LogP contribution in [0.2, 0.25) is 0 Å². The number of thioether (sulfide) groups is 1. The van der Waals surface area contributed by atoms with Gasteiger partial charge in [-0.1, -0.05) is 18.7 Å². The maximum atomic E-state index is 13.8. The highest BCUT2D eigenvalue weighted by Crippen LogP contribution is 2.38. The van der Waals surface area contributed by atoms with Crippen molar-refractivity contribution >= 4 is 45.1 Å². The number of methoxy groups -OCH3 is 2. The van der Waals surface area contributed by atoms with E-state index in [1.807, 2.05) is 28.7 Å². The largest absolute Gasteiger partial charge is 0.497 e. The molecular formula is C22H22N4O4S2. The highest BCUT2D eigenvalue weighted by atomic mass is 32.2. The van der Waals surface area contributed by atoms with Crippen molar-refractivity contribution in [2.75, 3.05) is 20.0 Å². The van der Waals surface area contributed by atoms with Gasteiger partial charge < -0.3 is 9.47 Å². The number of aryl methyl sites for hydroxylation is 1. The average molecular weight is 471 g/mol. The van der Waals surface area contributed by atoms with E-state index in [2.05, 4.69) is 17.1 Å². The highest BCUT2D eigenvalue weighted by Gasteiger charge is 2.27. The fourth-order valence-electron chi connectivity index (χ4n) is 4.14. The lowest BCUT2D eigenvalue weighted by Gasteiger charge is -2.17. The Bertz CT molecular complexity index is 1390. The van der Waals surface area contributed by atoms with E-state index in [4.69, 9.17) is 9.47 Å². The van der Waals surface area contributed by atoms with Gasteiger partial charge >= 0.3 is 5.97 Å². The van der Waals surface area contributed by atoms with Gasteiger partial charge in [-0.05, 0) is 55.0 Å². The van der Waals surface area contributed by atoms with Crippen LogP contribution in [0.25, 0.3) is 21.7 Å². The van der Waals surface area contributed by atoms with Crippen LogP contribution in [0, 0.1) is 5.92 Å². The molecule has 1 aromatic carbocycles. The van der Waals surface area contributed by atoms with Crippen LogP contribution in [-0.2, 0) is 22.4 Å². The summed E-state index contributed by atoms with van der Waals surface area (Å²) in [5.74, 6) is 1.49. The third kappa shape index (κ3) is 3.38. The Morgan fingerprint density at radius 1 is 1.25 bits per heavy atom. The van der Waals surface area contributed by atoms with E-state index < -0.39 is 0 Å². The second-order valence-electron chi connectivity index (χ2n) is 7.85. The second kappa shape index (κ2) is 8.25. The Hall–Kier alpha value is -2.85. The summed E-state index contributed by atoms with van der Waals surface area (Å²) in [7, 11) is 2.96. The number of carbonyl (C=O) groups is 1. The molecule has 0 saturated carbocycles. The maximum absolute atomic E-state index is 13.8. The minimum absolute atomic E-state index is 0.0957. The van der Waals surface area contributed by atoms with Crippen molar-refractivity contribution in [3.8, 4) is 11.4 Å². The number of esters is 1. The number of fused-ring (bicyclic) bond motifs is 5. The van der Waals surface area contributed by atoms with Gasteiger partial charge in [-0.25, -0.2) is 8.97 Å². The molecule has 1 aliphatic rings. The standard InChI is InChI=1S/C22H22N4O4S2/c1-12-4-9-15-16(10-12)32-20-18(15)19(28)25(13-5-7-14(29-2)8-6-13)21-23-24-22(26(20)21)31-11-17(27)30-3/h5-8,12H,4,9-11H2,1-3H3/t12-/m1/s1. The first-order chi connectivity index (χ1) is 15.5. The first-order valence-corrected chi connectivity index (χ1v) is 12.1. The van der Waals surface area contributed by atoms with Gasteiger partial charge in [0.15, 0.2) is 5.16 Å². The molecule has 0 spiro atoms. The number of benzene rings is 1. The first-order valence-electron chi connectivity index (χ1n) is 10.3. The van der Waals surface area contributed by atoms with Gasteiger partial charge in [0.05, 0.1) is 31.0 Å². The van der Waals surface area contributed by atoms with Crippen LogP contribution in [0.5, 0.6) is 5.75 Å². The Labute approximate surface area is 192 Å². The van der Waals surface area contributed by atoms with Crippen LogP contribution in [0.4, 0.5) is 0 Å². The summed E-state index contributed by atoms with van der Waals surface area (Å²) < 4.78 is 13.6. The predicted molar refractivity (Wildman–Crippen MR) is 124 cm³/mol. The lowest BCUT2D eigenvalue weighted by Crippen LogP contribution is -2.22. The van der Waals surface area contributed by atoms with Crippen LogP contribution < -0.4 is 10.3 Å². The molecule has 0 aliphatic heterocycles. The first kappa shape index (κ1) is 21.0. The Balaban J connectivity index is 1.80. The van der Waals surface area contributed by atoms with Gasteiger partial charge in [0, 0.05) is 4.88 Å². The normalized spacial score (nSPS) is 15.8. The Morgan fingerprint density at radius 3 is 2.75 bits per heavy atom. The summed E-state index contributed by atoms with van der Waals surface area (Å²) in [4.78, 5) is 27.6. The minimum atomic E-state index is -0.342. The number of rotatable bonds is 5. The molecule has 0 radical (unpaired) electrons. The fraction of sp³-hybridized carbons (Fsp3) is 0.364. The van der Waals surface area contributed by atoms with Crippen molar-refractivity contribution < 1.29 is 14.3 Å². The second-order valence-corrected chi connectivity index (χ2v) is 9.88. The van der Waals surface area contributed by atoms with Crippen LogP contribution in [0.3, 0.4) is 0 Å². The Kier molecular flexibility index (Phi) is 5.42. The molecule has 10 heteroatoms. The van der Waals surface area contributed by atoms with Crippen molar-refractivity contribution in [2.24, 2.45) is 5.92 Å². The number of ether oxygens (including phenoxy) is 2. The molecule has 1 atom stereocenters. The molecule has 0 fully saturated rings. The SMILES string of the molecule is COC(=O)CSc1nnc2n(-c3ccc(OC)cc3)c(=O)c3c4c(sc3n12)C[C@H](C)CC4. The quantitative estimate of drug-likeness (QED) is 0.326. The molecule has 0 saturated heterocycles. The maximum Gasteiger partial charge on any atom is 0.316 e. The van der Waals surface area contributed by atoms with Crippen LogP contribution in [0.1, 0.15) is 23.8 Å². The van der Waals surface area contributed by atoms with Gasteiger partial charge in [0.2, 0.25) is 5.78 Å². The molecule has 5 rings (SSSR count). The number of hydrogen-bond donors (Lipinski definition) is 0. The summed E-state index contributed by atoms with van der Waals surface area (Å²) in [6.45, 7) is 2.25. The molecule has 166 valence electrons. The molecule has 0 N–H and O–H groups in total. The summed E-state index contributed by atoms with van der Waals surface area (Å²) in [5, 5.41) is 9.96. The summed E-state index contributed by atoms with van der Waals surface area (Å²) >= 11 is 2.89. The van der Waals surface area contributed by atoms with Gasteiger partial charge in [-0.3, -0.25) is 9.59 Å². The summed E-state index contributed by atoms with van der Waals surface area (Å²) in [5.41, 5.74) is 1.72. The highest BCUT2D eigenvalue weighted by molar-refractivity contribution is 7.99. The topological polar surface area (TPSA) is 87.7 Å². The zero-order valence-corrected chi connectivity index (χ0v) is 19.6. The van der Waals surface area contributed by atoms with Crippen molar-refractivity contribution in [1.82, 2.24) is 19.2 Å². The van der Waals surface area contributed by atoms with Gasteiger partial charge in [0.25, 0.3) is 5.56 Å². The van der Waals surface area contributed by atoms with E-state index in [1.165, 1.54) is 23.7 Å². The summed E-state index contributed by atoms with van der Waals surface area (Å²) in [6, 6.07) is 7.30. The lowest BCUT2D eigenvalue weighted by atomic mass is 9.89. The van der Waals surface area contributed by atoms with Crippen molar-refractivity contribution in [1.29, 1.82) is 0 Å². The number of hydrogen-bond acceptors (Lipinski definition) is 8. The molecule has 1 aliphatic carbocycles. The molecule has 0 bridgehead atoms. The van der Waals surface area contributed by atoms with E-state index in [0.717, 1.165) is 35.0 Å². The van der Waals surface area contributed by atoms with E-state index >= 15 is 0 Å². The third-order valence-corrected chi connectivity index (χ3v) is 7.95. The zero-order chi connectivity index (χ0) is 22.4. The van der Waals surface area contributed by atoms with Crippen LogP contribution in [-0.4, -0.2) is 45.1 Å². The smallest absolute Gasteiger partial charge is 0.316 e. The number of carbonyl (C=O) groups excluding carboxylic acids is 1. The minimum Gasteiger partial charge on any atom is -0.497 e. The number of thiophene rings is 1. The molecule has 0 amide bonds. The van der Waals surface area contributed by atoms with E-state index in [9.17, 15) is 9.59 Å². The van der Waals surface area contributed by atoms with Crippen molar-refractivity contribution in [3.63, 3.8) is 0 Å². The molecule has 0 unspecified atom stereocenters. The van der Waals surface area contributed by atoms with Crippen molar-refractivity contribution in [3.05, 3.63) is 45.1 Å². The van der Waals surface area contributed by atoms with E-state index in [1.54, 1.807) is 23.0 Å². The van der Waals surface area contributed by atoms with Crippen LogP contribution in [0.15, 0.2) is 34.2 Å². The number of nitrogens with zero attached hydrogens (tertiary/aromatic N) is 4. The van der Waals surface area contributed by atoms with Gasteiger partial charge in [-0.2, -0.15) is 0 Å². The van der Waals surface area contributed by atoms with Gasteiger partial charge in [0.1, 0.15) is 10.6 Å². The molecular weight excluding hydrogens is 448 g/mol.